The number of hydrogen-bond acceptors (Lipinski definition) is 6. The maximum atomic E-state index is 12.9. The van der Waals surface area contributed by atoms with Gasteiger partial charge in [0, 0.05) is 17.8 Å². The predicted molar refractivity (Wildman–Crippen MR) is 139 cm³/mol. The molecule has 0 fully saturated rings. The molecule has 1 N–H and O–H groups in total. The number of Topliss-reactive ketones (excluding diaryl/α,β-unsaturated/α-hetero) is 1. The lowest BCUT2D eigenvalue weighted by molar-refractivity contribution is -0.116. The fourth-order valence-corrected chi connectivity index (χ4v) is 5.04. The number of ether oxygens (including phenoxy) is 1. The molecule has 1 amide bonds. The average molecular weight is 504 g/mol. The van der Waals surface area contributed by atoms with E-state index in [0.717, 1.165) is 15.2 Å². The Morgan fingerprint density at radius 1 is 1.11 bits per heavy atom. The summed E-state index contributed by atoms with van der Waals surface area (Å²) >= 11 is 7.95. The van der Waals surface area contributed by atoms with Gasteiger partial charge in [0.25, 0.3) is 5.91 Å². The lowest BCUT2D eigenvalue weighted by Crippen LogP contribution is -2.18. The van der Waals surface area contributed by atoms with Gasteiger partial charge in [-0.15, -0.1) is 11.3 Å². The van der Waals surface area contributed by atoms with Crippen LogP contribution >= 0.6 is 22.9 Å². The van der Waals surface area contributed by atoms with Gasteiger partial charge in [0.1, 0.15) is 22.3 Å². The zero-order valence-corrected chi connectivity index (χ0v) is 21.0. The number of anilines is 1. The summed E-state index contributed by atoms with van der Waals surface area (Å²) in [5.41, 5.74) is 1.41. The normalized spacial score (nSPS) is 11.2. The SMILES string of the molecule is CC(=O)Cc1nc2ccc(Oc3cccc(NC(=O)c4cccc(C(C)(C)C#N)c4Cl)c3)cc2s1. The van der Waals surface area contributed by atoms with Crippen molar-refractivity contribution in [3.63, 3.8) is 0 Å². The van der Waals surface area contributed by atoms with Crippen molar-refractivity contribution in [2.45, 2.75) is 32.6 Å². The second-order valence-corrected chi connectivity index (χ2v) is 10.1. The van der Waals surface area contributed by atoms with Crippen molar-refractivity contribution in [2.75, 3.05) is 5.32 Å². The first-order valence-corrected chi connectivity index (χ1v) is 12.0. The monoisotopic (exact) mass is 503 g/mol. The van der Waals surface area contributed by atoms with Crippen molar-refractivity contribution in [1.29, 1.82) is 5.26 Å². The third-order valence-electron chi connectivity index (χ3n) is 5.33. The number of halogens is 1. The first kappa shape index (κ1) is 24.4. The van der Waals surface area contributed by atoms with Gasteiger partial charge in [-0.3, -0.25) is 9.59 Å². The van der Waals surface area contributed by atoms with Gasteiger partial charge in [-0.2, -0.15) is 5.26 Å². The van der Waals surface area contributed by atoms with Crippen LogP contribution in [0.25, 0.3) is 10.2 Å². The lowest BCUT2D eigenvalue weighted by Gasteiger charge is -2.19. The van der Waals surface area contributed by atoms with E-state index in [1.807, 2.05) is 18.2 Å². The van der Waals surface area contributed by atoms with Crippen LogP contribution in [0.4, 0.5) is 5.69 Å². The molecule has 0 bridgehead atoms. The molecule has 35 heavy (non-hydrogen) atoms. The Labute approximate surface area is 212 Å². The largest absolute Gasteiger partial charge is 0.457 e. The number of thiazole rings is 1. The fraction of sp³-hybridized carbons (Fsp3) is 0.185. The van der Waals surface area contributed by atoms with E-state index in [1.54, 1.807) is 63.2 Å². The van der Waals surface area contributed by atoms with Gasteiger partial charge in [0.2, 0.25) is 0 Å². The average Bonchev–Trinajstić information content (AvgIpc) is 3.20. The van der Waals surface area contributed by atoms with Crippen LogP contribution in [0.3, 0.4) is 0 Å². The number of amides is 1. The molecule has 0 radical (unpaired) electrons. The topological polar surface area (TPSA) is 92.1 Å². The zero-order valence-electron chi connectivity index (χ0n) is 19.4. The van der Waals surface area contributed by atoms with Crippen molar-refractivity contribution < 1.29 is 14.3 Å². The van der Waals surface area contributed by atoms with Gasteiger partial charge in [-0.05, 0) is 56.7 Å². The number of ketones is 1. The van der Waals surface area contributed by atoms with E-state index in [2.05, 4.69) is 16.4 Å². The van der Waals surface area contributed by atoms with E-state index in [9.17, 15) is 14.9 Å². The number of rotatable bonds is 7. The molecule has 3 aromatic carbocycles. The first-order valence-electron chi connectivity index (χ1n) is 10.8. The number of nitriles is 1. The van der Waals surface area contributed by atoms with Crippen LogP contribution in [0.1, 0.15) is 41.7 Å². The Balaban J connectivity index is 1.52. The van der Waals surface area contributed by atoms with E-state index in [0.29, 0.717) is 29.2 Å². The Bertz CT molecular complexity index is 1490. The summed E-state index contributed by atoms with van der Waals surface area (Å²) in [6.07, 6.45) is 0.318. The number of carbonyl (C=O) groups excluding carboxylic acids is 2. The molecule has 176 valence electrons. The summed E-state index contributed by atoms with van der Waals surface area (Å²) < 4.78 is 6.93. The summed E-state index contributed by atoms with van der Waals surface area (Å²) in [5, 5.41) is 13.3. The molecule has 8 heteroatoms. The molecule has 0 saturated heterocycles. The number of fused-ring (bicyclic) bond motifs is 1. The number of carbonyl (C=O) groups is 2. The Hall–Kier alpha value is -3.73. The minimum absolute atomic E-state index is 0.0705. The lowest BCUT2D eigenvalue weighted by atomic mass is 9.85. The van der Waals surface area contributed by atoms with Crippen LogP contribution in [-0.2, 0) is 16.6 Å². The zero-order chi connectivity index (χ0) is 25.2. The van der Waals surface area contributed by atoms with Gasteiger partial charge in [-0.1, -0.05) is 29.8 Å². The highest BCUT2D eigenvalue weighted by atomic mass is 35.5. The molecule has 0 atom stereocenters. The second kappa shape index (κ2) is 9.87. The van der Waals surface area contributed by atoms with Crippen molar-refractivity contribution in [3.8, 4) is 17.6 Å². The van der Waals surface area contributed by atoms with Crippen LogP contribution in [-0.4, -0.2) is 16.7 Å². The van der Waals surface area contributed by atoms with E-state index in [4.69, 9.17) is 16.3 Å². The van der Waals surface area contributed by atoms with Crippen molar-refractivity contribution >= 4 is 50.5 Å². The van der Waals surface area contributed by atoms with E-state index < -0.39 is 5.41 Å². The van der Waals surface area contributed by atoms with Gasteiger partial charge in [-0.25, -0.2) is 4.98 Å². The molecule has 0 aliphatic carbocycles. The molecule has 1 aromatic heterocycles. The van der Waals surface area contributed by atoms with Crippen molar-refractivity contribution in [2.24, 2.45) is 0 Å². The fourth-order valence-electron chi connectivity index (χ4n) is 3.53. The summed E-state index contributed by atoms with van der Waals surface area (Å²) in [5.74, 6) is 0.850. The summed E-state index contributed by atoms with van der Waals surface area (Å²) in [7, 11) is 0. The maximum absolute atomic E-state index is 12.9. The highest BCUT2D eigenvalue weighted by Crippen LogP contribution is 2.33. The third kappa shape index (κ3) is 5.51. The van der Waals surface area contributed by atoms with Crippen molar-refractivity contribution in [3.05, 3.63) is 81.8 Å². The molecule has 1 heterocycles. The van der Waals surface area contributed by atoms with Crippen LogP contribution in [0.5, 0.6) is 11.5 Å². The number of hydrogen-bond donors (Lipinski definition) is 1. The molecule has 0 aliphatic rings. The molecule has 0 saturated carbocycles. The summed E-state index contributed by atoms with van der Waals surface area (Å²) in [4.78, 5) is 28.8. The minimum Gasteiger partial charge on any atom is -0.457 e. The minimum atomic E-state index is -0.826. The highest BCUT2D eigenvalue weighted by molar-refractivity contribution is 7.18. The molecule has 6 nitrogen and oxygen atoms in total. The second-order valence-electron chi connectivity index (χ2n) is 8.60. The van der Waals surface area contributed by atoms with Crippen molar-refractivity contribution in [1.82, 2.24) is 4.98 Å². The van der Waals surface area contributed by atoms with E-state index in [-0.39, 0.29) is 22.3 Å². The molecular weight excluding hydrogens is 482 g/mol. The molecule has 0 spiro atoms. The predicted octanol–water partition coefficient (Wildman–Crippen LogP) is 6.93. The van der Waals surface area contributed by atoms with E-state index >= 15 is 0 Å². The number of nitrogens with one attached hydrogen (secondary N) is 1. The van der Waals surface area contributed by atoms with E-state index in [1.165, 1.54) is 11.3 Å². The van der Waals surface area contributed by atoms with Gasteiger partial charge in [0.05, 0.1) is 38.7 Å². The summed E-state index contributed by atoms with van der Waals surface area (Å²) in [6, 6.07) is 19.9. The van der Waals surface area contributed by atoms with Gasteiger partial charge in [0.15, 0.2) is 0 Å². The van der Waals surface area contributed by atoms with Crippen LogP contribution in [0, 0.1) is 11.3 Å². The Morgan fingerprint density at radius 3 is 2.60 bits per heavy atom. The molecule has 0 aliphatic heterocycles. The quantitative estimate of drug-likeness (QED) is 0.295. The number of benzene rings is 3. The highest BCUT2D eigenvalue weighted by Gasteiger charge is 2.25. The van der Waals surface area contributed by atoms with Gasteiger partial charge >= 0.3 is 0 Å². The molecule has 4 rings (SSSR count). The molecule has 0 unspecified atom stereocenters. The maximum Gasteiger partial charge on any atom is 0.257 e. The molecular formula is C27H22ClN3O3S. The third-order valence-corrected chi connectivity index (χ3v) is 6.75. The van der Waals surface area contributed by atoms with Crippen LogP contribution < -0.4 is 10.1 Å². The van der Waals surface area contributed by atoms with Gasteiger partial charge < -0.3 is 10.1 Å². The first-order chi connectivity index (χ1) is 16.7. The smallest absolute Gasteiger partial charge is 0.257 e. The standard InChI is InChI=1S/C27H22ClN3O3S/c1-16(32)12-24-31-22-11-10-19(14-23(22)35-24)34-18-7-4-6-17(13-18)30-26(33)20-8-5-9-21(25(20)28)27(2,3)15-29/h4-11,13-14H,12H2,1-3H3,(H,30,33). The Morgan fingerprint density at radius 2 is 1.86 bits per heavy atom. The van der Waals surface area contributed by atoms with Crippen LogP contribution in [0.2, 0.25) is 5.02 Å². The summed E-state index contributed by atoms with van der Waals surface area (Å²) in [6.45, 7) is 5.05. The van der Waals surface area contributed by atoms with Crippen LogP contribution in [0.15, 0.2) is 60.7 Å². The number of nitrogens with zero attached hydrogens (tertiary/aromatic N) is 2. The Kier molecular flexibility index (Phi) is 6.88. The molecule has 4 aromatic rings. The number of aromatic nitrogens is 1.